The minimum Gasteiger partial charge on any atom is -0.439 e. The van der Waals surface area contributed by atoms with Crippen molar-refractivity contribution in [1.82, 2.24) is 5.32 Å². The van der Waals surface area contributed by atoms with Crippen molar-refractivity contribution in [1.29, 1.82) is 0 Å². The Bertz CT molecular complexity index is 1370. The first-order valence-corrected chi connectivity index (χ1v) is 15.7. The Hall–Kier alpha value is -2.48. The summed E-state index contributed by atoms with van der Waals surface area (Å²) in [5.74, 6) is -1.94. The van der Waals surface area contributed by atoms with Crippen LogP contribution in [0.3, 0.4) is 0 Å². The summed E-state index contributed by atoms with van der Waals surface area (Å²) in [5, 5.41) is 26.6. The molecule has 7 rings (SSSR count). The molecule has 9 atom stereocenters. The largest absolute Gasteiger partial charge is 0.439 e. The number of benzene rings is 1. The van der Waals surface area contributed by atoms with E-state index in [1.807, 2.05) is 44.2 Å². The molecule has 1 unspecified atom stereocenters. The number of Topliss-reactive ketones (excluding diaryl/α,β-unsaturated/α-hetero) is 1. The van der Waals surface area contributed by atoms with Crippen molar-refractivity contribution < 1.29 is 32.1 Å². The number of carbonyl (C=O) groups is 2. The van der Waals surface area contributed by atoms with Crippen molar-refractivity contribution in [3.05, 3.63) is 58.7 Å². The van der Waals surface area contributed by atoms with Crippen LogP contribution in [0.25, 0.3) is 0 Å². The molecule has 232 valence electrons. The summed E-state index contributed by atoms with van der Waals surface area (Å²) in [6.45, 7) is 13.6. The molecule has 0 saturated heterocycles. The third-order valence-electron chi connectivity index (χ3n) is 11.9. The third kappa shape index (κ3) is 4.17. The molecular weight excluding hydrogens is 530 g/mol. The van der Waals surface area contributed by atoms with Crippen LogP contribution in [0, 0.1) is 40.4 Å². The summed E-state index contributed by atoms with van der Waals surface area (Å²) >= 11 is 0. The lowest BCUT2D eigenvalue weighted by atomic mass is 9.43. The van der Waals surface area contributed by atoms with E-state index >= 15 is 0 Å². The highest BCUT2D eigenvalue weighted by Gasteiger charge is 2.73. The highest BCUT2D eigenvalue weighted by Crippen LogP contribution is 2.67. The molecule has 7 heteroatoms. The van der Waals surface area contributed by atoms with Crippen LogP contribution in [-0.4, -0.2) is 46.2 Å². The maximum Gasteiger partial charge on any atom is 0.408 e. The van der Waals surface area contributed by atoms with E-state index in [1.165, 1.54) is 5.56 Å². The van der Waals surface area contributed by atoms with Crippen LogP contribution in [0.5, 0.6) is 0 Å². The first-order chi connectivity index (χ1) is 19.6. The topological polar surface area (TPSA) is 105 Å². The predicted molar refractivity (Wildman–Crippen MR) is 163 cm³/mol. The van der Waals surface area contributed by atoms with Gasteiger partial charge in [-0.1, -0.05) is 64.1 Å². The molecule has 6 aliphatic carbocycles. The van der Waals surface area contributed by atoms with Gasteiger partial charge in [-0.15, -0.1) is 0 Å². The van der Waals surface area contributed by atoms with Gasteiger partial charge in [-0.2, -0.15) is 0 Å². The lowest BCUT2D eigenvalue weighted by Crippen LogP contribution is -2.66. The number of aliphatic hydroxyl groups is 2. The van der Waals surface area contributed by atoms with Gasteiger partial charge in [0.15, 0.2) is 17.7 Å². The van der Waals surface area contributed by atoms with Gasteiger partial charge in [-0.05, 0) is 91.9 Å². The molecule has 3 N–H and O–H groups in total. The maximum atomic E-state index is 14.9. The number of ether oxygens (including phenoxy) is 2. The molecule has 1 aromatic carbocycles. The van der Waals surface area contributed by atoms with E-state index < -0.39 is 40.8 Å². The van der Waals surface area contributed by atoms with Gasteiger partial charge in [0.1, 0.15) is 5.60 Å². The van der Waals surface area contributed by atoms with E-state index in [0.717, 1.165) is 36.8 Å². The summed E-state index contributed by atoms with van der Waals surface area (Å²) in [7, 11) is 0. The van der Waals surface area contributed by atoms with Crippen molar-refractivity contribution in [2.75, 3.05) is 6.61 Å². The first kappa shape index (κ1) is 29.6. The standard InChI is InChI=1S/C35H47NO6.2H2/c1-19-17-34-20(2)14-24-16-27(32(24,4)5)26(29(34)37)15-23(18-41-33(6,7)39)21(3)35(34,40)30(19)42-31(38)36-28-13-12-22-10-8-9-11-25(22)28;;/h8-11,15,17,20-21,24,26-28,30,39-40H,12-14,16,18H2,1-7H3,(H,36,38);2*1H/t20-,21-,24-,26+,27-,28?,30+,34+,35+;;/m1../s1. The first-order valence-electron chi connectivity index (χ1n) is 15.7. The second-order valence-corrected chi connectivity index (χ2v) is 14.9. The molecule has 6 aliphatic rings. The summed E-state index contributed by atoms with van der Waals surface area (Å²) in [5.41, 5.74) is 0.832. The molecular formula is C35H51NO6. The summed E-state index contributed by atoms with van der Waals surface area (Å²) < 4.78 is 12.0. The fourth-order valence-electron chi connectivity index (χ4n) is 9.34. The second-order valence-electron chi connectivity index (χ2n) is 14.9. The van der Waals surface area contributed by atoms with E-state index in [9.17, 15) is 19.8 Å². The molecule has 1 amide bonds. The van der Waals surface area contributed by atoms with Crippen LogP contribution in [-0.2, 0) is 20.7 Å². The van der Waals surface area contributed by atoms with E-state index in [1.54, 1.807) is 13.8 Å². The Kier molecular flexibility index (Phi) is 6.88. The highest BCUT2D eigenvalue weighted by atomic mass is 16.6. The Morgan fingerprint density at radius 1 is 1.19 bits per heavy atom. The molecule has 1 spiro atoms. The third-order valence-corrected chi connectivity index (χ3v) is 11.9. The number of fused-ring (bicyclic) bond motifs is 2. The number of carbonyl (C=O) groups excluding carboxylic acids is 2. The molecule has 0 aliphatic heterocycles. The number of amides is 1. The van der Waals surface area contributed by atoms with Crippen LogP contribution in [0.1, 0.15) is 87.8 Å². The predicted octanol–water partition coefficient (Wildman–Crippen LogP) is 6.15. The van der Waals surface area contributed by atoms with Gasteiger partial charge in [-0.25, -0.2) is 4.79 Å². The molecule has 4 bridgehead atoms. The molecule has 3 saturated carbocycles. The fourth-order valence-corrected chi connectivity index (χ4v) is 9.34. The Morgan fingerprint density at radius 3 is 2.60 bits per heavy atom. The van der Waals surface area contributed by atoms with Crippen LogP contribution in [0.2, 0.25) is 0 Å². The zero-order chi connectivity index (χ0) is 30.4. The van der Waals surface area contributed by atoms with Gasteiger partial charge in [0.2, 0.25) is 0 Å². The van der Waals surface area contributed by atoms with Gasteiger partial charge < -0.3 is 25.0 Å². The van der Waals surface area contributed by atoms with Crippen molar-refractivity contribution in [2.45, 2.75) is 97.7 Å². The number of allylic oxidation sites excluding steroid dienone is 1. The number of aryl methyl sites for hydroxylation is 1. The Balaban J connectivity index is 0.00000221. The van der Waals surface area contributed by atoms with E-state index in [-0.39, 0.29) is 38.5 Å². The van der Waals surface area contributed by atoms with Gasteiger partial charge in [-0.3, -0.25) is 4.79 Å². The normalized spacial score (nSPS) is 39.9. The number of ketones is 1. The molecule has 0 heterocycles. The van der Waals surface area contributed by atoms with Gasteiger partial charge in [0, 0.05) is 14.7 Å². The average Bonchev–Trinajstić information content (AvgIpc) is 3.40. The number of hydrogen-bond acceptors (Lipinski definition) is 6. The number of hydrogen-bond donors (Lipinski definition) is 3. The summed E-state index contributed by atoms with van der Waals surface area (Å²) in [6.07, 6.45) is 5.81. The molecule has 0 radical (unpaired) electrons. The average molecular weight is 582 g/mol. The van der Waals surface area contributed by atoms with Crippen molar-refractivity contribution in [3.63, 3.8) is 0 Å². The van der Waals surface area contributed by atoms with Crippen LogP contribution >= 0.6 is 0 Å². The van der Waals surface area contributed by atoms with Crippen LogP contribution in [0.15, 0.2) is 47.6 Å². The lowest BCUT2D eigenvalue weighted by Gasteiger charge is -2.60. The molecule has 0 aromatic heterocycles. The van der Waals surface area contributed by atoms with Crippen molar-refractivity contribution >= 4 is 11.9 Å². The highest BCUT2D eigenvalue weighted by molar-refractivity contribution is 5.95. The Labute approximate surface area is 252 Å². The minimum absolute atomic E-state index is 0. The molecule has 1 aromatic rings. The summed E-state index contributed by atoms with van der Waals surface area (Å²) in [6, 6.07) is 7.93. The zero-order valence-electron chi connectivity index (χ0n) is 26.1. The van der Waals surface area contributed by atoms with Crippen LogP contribution in [0.4, 0.5) is 4.79 Å². The number of nitrogens with one attached hydrogen (secondary N) is 1. The van der Waals surface area contributed by atoms with E-state index in [0.29, 0.717) is 11.5 Å². The van der Waals surface area contributed by atoms with Gasteiger partial charge in [0.05, 0.1) is 18.1 Å². The maximum absolute atomic E-state index is 14.9. The van der Waals surface area contributed by atoms with Crippen molar-refractivity contribution in [2.24, 2.45) is 40.4 Å². The Morgan fingerprint density at radius 2 is 1.90 bits per heavy atom. The zero-order valence-corrected chi connectivity index (χ0v) is 26.1. The lowest BCUT2D eigenvalue weighted by molar-refractivity contribution is -0.194. The molecule has 42 heavy (non-hydrogen) atoms. The van der Waals surface area contributed by atoms with E-state index in [4.69, 9.17) is 9.47 Å². The second kappa shape index (κ2) is 9.76. The minimum atomic E-state index is -1.71. The van der Waals surface area contributed by atoms with Crippen LogP contribution < -0.4 is 5.32 Å². The smallest absolute Gasteiger partial charge is 0.408 e. The van der Waals surface area contributed by atoms with E-state index in [2.05, 4.69) is 32.2 Å². The van der Waals surface area contributed by atoms with Crippen molar-refractivity contribution in [3.8, 4) is 0 Å². The quantitative estimate of drug-likeness (QED) is 0.285. The SMILES string of the molecule is CC1=C[C@]23C(=O)[C@@H](C=C(COC(C)(C)O)[C@@H](C)[C@]2(O)[C@H]1OC(=O)NC1CCc2ccccc21)[C@H]1C[C@@H](C[C@H]3C)C1(C)C.[HH].[HH]. The fraction of sp³-hybridized carbons (Fsp3) is 0.657. The van der Waals surface area contributed by atoms with Gasteiger partial charge in [0.25, 0.3) is 0 Å². The molecule has 3 fully saturated rings. The molecule has 7 nitrogen and oxygen atoms in total. The van der Waals surface area contributed by atoms with Gasteiger partial charge >= 0.3 is 6.09 Å². The number of alkyl carbamates (subject to hydrolysis) is 1. The summed E-state index contributed by atoms with van der Waals surface area (Å²) in [4.78, 5) is 28.5. The number of rotatable bonds is 5. The monoisotopic (exact) mass is 581 g/mol.